The Kier molecular flexibility index (Phi) is 2.80. The Hall–Kier alpha value is -2.55. The molecule has 0 saturated carbocycles. The molecular formula is C16H10FNO. The molecule has 0 aliphatic rings. The van der Waals surface area contributed by atoms with Gasteiger partial charge in [0.05, 0.1) is 5.52 Å². The third-order valence-electron chi connectivity index (χ3n) is 3.02. The summed E-state index contributed by atoms with van der Waals surface area (Å²) in [6.45, 7) is 0. The van der Waals surface area contributed by atoms with Gasteiger partial charge in [0.25, 0.3) is 0 Å². The van der Waals surface area contributed by atoms with E-state index in [0.717, 1.165) is 28.3 Å². The van der Waals surface area contributed by atoms with Crippen molar-refractivity contribution in [1.82, 2.24) is 4.98 Å². The molecule has 0 radical (unpaired) electrons. The Bertz CT molecular complexity index is 750. The van der Waals surface area contributed by atoms with Gasteiger partial charge in [-0.25, -0.2) is 4.39 Å². The van der Waals surface area contributed by atoms with Gasteiger partial charge in [0.15, 0.2) is 0 Å². The van der Waals surface area contributed by atoms with Crippen LogP contribution in [0.2, 0.25) is 0 Å². The van der Waals surface area contributed by atoms with Crippen molar-refractivity contribution in [2.24, 2.45) is 0 Å². The first-order valence-corrected chi connectivity index (χ1v) is 5.87. The maximum absolute atomic E-state index is 12.9. The van der Waals surface area contributed by atoms with Crippen LogP contribution in [-0.2, 0) is 0 Å². The molecule has 3 heteroatoms. The van der Waals surface area contributed by atoms with Crippen molar-refractivity contribution in [2.75, 3.05) is 0 Å². The van der Waals surface area contributed by atoms with Crippen molar-refractivity contribution in [2.45, 2.75) is 0 Å². The van der Waals surface area contributed by atoms with Gasteiger partial charge in [-0.2, -0.15) is 0 Å². The van der Waals surface area contributed by atoms with E-state index < -0.39 is 0 Å². The van der Waals surface area contributed by atoms with Crippen LogP contribution < -0.4 is 0 Å². The first kappa shape index (κ1) is 11.5. The minimum absolute atomic E-state index is 0.263. The van der Waals surface area contributed by atoms with Gasteiger partial charge in [0, 0.05) is 22.7 Å². The molecule has 0 bridgehead atoms. The summed E-state index contributed by atoms with van der Waals surface area (Å²) in [4.78, 5) is 15.1. The summed E-state index contributed by atoms with van der Waals surface area (Å²) >= 11 is 0. The molecule has 1 aromatic heterocycles. The number of fused-ring (bicyclic) bond motifs is 1. The van der Waals surface area contributed by atoms with E-state index in [-0.39, 0.29) is 5.82 Å². The van der Waals surface area contributed by atoms with E-state index in [9.17, 15) is 9.18 Å². The Labute approximate surface area is 109 Å². The van der Waals surface area contributed by atoms with Crippen molar-refractivity contribution in [1.29, 1.82) is 0 Å². The quantitative estimate of drug-likeness (QED) is 0.647. The zero-order valence-electron chi connectivity index (χ0n) is 10.0. The second-order valence-electron chi connectivity index (χ2n) is 4.30. The lowest BCUT2D eigenvalue weighted by Crippen LogP contribution is -1.86. The number of carbonyl (C=O) groups excluding carboxylic acids is 1. The van der Waals surface area contributed by atoms with Gasteiger partial charge < -0.3 is 0 Å². The van der Waals surface area contributed by atoms with Crippen LogP contribution in [0.5, 0.6) is 0 Å². The first-order valence-electron chi connectivity index (χ1n) is 5.87. The molecule has 92 valence electrons. The van der Waals surface area contributed by atoms with Gasteiger partial charge >= 0.3 is 0 Å². The summed E-state index contributed by atoms with van der Waals surface area (Å²) in [5, 5.41) is 0.895. The lowest BCUT2D eigenvalue weighted by Gasteiger charge is -2.04. The molecule has 3 rings (SSSR count). The standard InChI is InChI=1S/C16H10FNO/c17-15-4-2-12(3-5-15)14-8-13-7-11(10-19)1-6-16(13)18-9-14/h1-10H. The average molecular weight is 251 g/mol. The normalized spacial score (nSPS) is 10.6. The van der Waals surface area contributed by atoms with Crippen molar-refractivity contribution >= 4 is 17.2 Å². The van der Waals surface area contributed by atoms with Crippen LogP contribution in [-0.4, -0.2) is 11.3 Å². The first-order chi connectivity index (χ1) is 9.26. The van der Waals surface area contributed by atoms with Gasteiger partial charge in [-0.1, -0.05) is 12.1 Å². The highest BCUT2D eigenvalue weighted by molar-refractivity contribution is 5.89. The average Bonchev–Trinajstić information content (AvgIpc) is 2.47. The summed E-state index contributed by atoms with van der Waals surface area (Å²) in [6.07, 6.45) is 2.56. The van der Waals surface area contributed by atoms with E-state index in [1.54, 1.807) is 30.5 Å². The largest absolute Gasteiger partial charge is 0.298 e. The molecule has 0 fully saturated rings. The smallest absolute Gasteiger partial charge is 0.150 e. The van der Waals surface area contributed by atoms with Crippen LogP contribution in [0.25, 0.3) is 22.0 Å². The Morgan fingerprint density at radius 2 is 1.74 bits per heavy atom. The van der Waals surface area contributed by atoms with Crippen LogP contribution >= 0.6 is 0 Å². The number of hydrogen-bond donors (Lipinski definition) is 0. The van der Waals surface area contributed by atoms with E-state index in [0.29, 0.717) is 5.56 Å². The molecule has 0 spiro atoms. The van der Waals surface area contributed by atoms with E-state index in [4.69, 9.17) is 0 Å². The highest BCUT2D eigenvalue weighted by Crippen LogP contribution is 2.23. The number of aromatic nitrogens is 1. The predicted octanol–water partition coefficient (Wildman–Crippen LogP) is 3.85. The number of aldehydes is 1. The van der Waals surface area contributed by atoms with Gasteiger partial charge in [0.2, 0.25) is 0 Å². The van der Waals surface area contributed by atoms with Gasteiger partial charge in [-0.3, -0.25) is 9.78 Å². The molecule has 0 aliphatic heterocycles. The minimum Gasteiger partial charge on any atom is -0.298 e. The molecule has 19 heavy (non-hydrogen) atoms. The summed E-state index contributed by atoms with van der Waals surface area (Å²) in [5.74, 6) is -0.263. The number of halogens is 1. The zero-order chi connectivity index (χ0) is 13.2. The number of hydrogen-bond acceptors (Lipinski definition) is 2. The Morgan fingerprint density at radius 3 is 2.47 bits per heavy atom. The Balaban J connectivity index is 2.14. The van der Waals surface area contributed by atoms with Gasteiger partial charge in [-0.15, -0.1) is 0 Å². The van der Waals surface area contributed by atoms with E-state index >= 15 is 0 Å². The van der Waals surface area contributed by atoms with E-state index in [1.165, 1.54) is 12.1 Å². The Morgan fingerprint density at radius 1 is 0.947 bits per heavy atom. The molecular weight excluding hydrogens is 241 g/mol. The third-order valence-corrected chi connectivity index (χ3v) is 3.02. The van der Waals surface area contributed by atoms with Crippen LogP contribution in [0.3, 0.4) is 0 Å². The zero-order valence-corrected chi connectivity index (χ0v) is 10.0. The molecule has 2 nitrogen and oxygen atoms in total. The summed E-state index contributed by atoms with van der Waals surface area (Å²) < 4.78 is 12.9. The fourth-order valence-electron chi connectivity index (χ4n) is 2.02. The van der Waals surface area contributed by atoms with Gasteiger partial charge in [-0.05, 0) is 42.0 Å². The van der Waals surface area contributed by atoms with Crippen molar-refractivity contribution < 1.29 is 9.18 Å². The fraction of sp³-hybridized carbons (Fsp3) is 0. The number of benzene rings is 2. The maximum Gasteiger partial charge on any atom is 0.150 e. The van der Waals surface area contributed by atoms with Crippen LogP contribution in [0.4, 0.5) is 4.39 Å². The molecule has 0 amide bonds. The van der Waals surface area contributed by atoms with E-state index in [1.807, 2.05) is 12.1 Å². The van der Waals surface area contributed by atoms with Crippen molar-refractivity contribution in [3.05, 3.63) is 66.1 Å². The summed E-state index contributed by atoms with van der Waals surface area (Å²) in [6, 6.07) is 13.5. The lowest BCUT2D eigenvalue weighted by molar-refractivity contribution is 0.112. The molecule has 2 aromatic carbocycles. The minimum atomic E-state index is -0.263. The highest BCUT2D eigenvalue weighted by atomic mass is 19.1. The fourth-order valence-corrected chi connectivity index (χ4v) is 2.02. The van der Waals surface area contributed by atoms with Crippen molar-refractivity contribution in [3.63, 3.8) is 0 Å². The van der Waals surface area contributed by atoms with Gasteiger partial charge in [0.1, 0.15) is 12.1 Å². The molecule has 0 atom stereocenters. The number of carbonyl (C=O) groups is 1. The third kappa shape index (κ3) is 2.22. The van der Waals surface area contributed by atoms with E-state index in [2.05, 4.69) is 4.98 Å². The molecule has 0 unspecified atom stereocenters. The summed E-state index contributed by atoms with van der Waals surface area (Å²) in [5.41, 5.74) is 3.24. The SMILES string of the molecule is O=Cc1ccc2ncc(-c3ccc(F)cc3)cc2c1. The predicted molar refractivity (Wildman–Crippen MR) is 72.5 cm³/mol. The molecule has 3 aromatic rings. The molecule has 0 aliphatic carbocycles. The summed E-state index contributed by atoms with van der Waals surface area (Å²) in [7, 11) is 0. The monoisotopic (exact) mass is 251 g/mol. The lowest BCUT2D eigenvalue weighted by atomic mass is 10.0. The molecule has 1 heterocycles. The molecule has 0 N–H and O–H groups in total. The van der Waals surface area contributed by atoms with Crippen molar-refractivity contribution in [3.8, 4) is 11.1 Å². The number of nitrogens with zero attached hydrogens (tertiary/aromatic N) is 1. The second kappa shape index (κ2) is 4.61. The van der Waals surface area contributed by atoms with Crippen LogP contribution in [0.15, 0.2) is 54.7 Å². The maximum atomic E-state index is 12.9. The molecule has 0 saturated heterocycles. The van der Waals surface area contributed by atoms with Crippen LogP contribution in [0.1, 0.15) is 10.4 Å². The van der Waals surface area contributed by atoms with Crippen LogP contribution in [0, 0.1) is 5.82 Å². The number of pyridine rings is 1. The highest BCUT2D eigenvalue weighted by Gasteiger charge is 2.02. The topological polar surface area (TPSA) is 30.0 Å². The number of rotatable bonds is 2. The second-order valence-corrected chi connectivity index (χ2v) is 4.30.